The average molecular weight is 399 g/mol. The second kappa shape index (κ2) is 7.24. The number of hydrogen-bond acceptors (Lipinski definition) is 3. The molecule has 0 bridgehead atoms. The summed E-state index contributed by atoms with van der Waals surface area (Å²) in [6.07, 6.45) is 9.38. The van der Waals surface area contributed by atoms with Crippen LogP contribution in [-0.4, -0.2) is 28.2 Å². The van der Waals surface area contributed by atoms with Crippen LogP contribution in [0.5, 0.6) is 0 Å². The van der Waals surface area contributed by atoms with Crippen molar-refractivity contribution in [2.24, 2.45) is 40.4 Å². The minimum atomic E-state index is -0.856. The van der Waals surface area contributed by atoms with Crippen molar-refractivity contribution >= 4 is 5.78 Å². The van der Waals surface area contributed by atoms with Gasteiger partial charge < -0.3 is 10.2 Å². The van der Waals surface area contributed by atoms with Gasteiger partial charge in [0.1, 0.15) is 12.2 Å². The Morgan fingerprint density at radius 1 is 1.03 bits per heavy atom. The van der Waals surface area contributed by atoms with Crippen LogP contribution in [0.15, 0.2) is 12.2 Å². The van der Waals surface area contributed by atoms with Crippen molar-refractivity contribution in [2.45, 2.75) is 84.2 Å². The van der Waals surface area contributed by atoms with Gasteiger partial charge in [-0.1, -0.05) is 32.3 Å². The molecule has 160 valence electrons. The molecule has 4 saturated carbocycles. The van der Waals surface area contributed by atoms with E-state index in [9.17, 15) is 15.0 Å². The number of Topliss-reactive ketones (excluding diaryl/α,β-unsaturated/α-hetero) is 1. The van der Waals surface area contributed by atoms with E-state index < -0.39 is 5.60 Å². The monoisotopic (exact) mass is 398 g/mol. The Labute approximate surface area is 176 Å². The molecule has 2 N–H and O–H groups in total. The summed E-state index contributed by atoms with van der Waals surface area (Å²) in [5.74, 6) is 8.81. The summed E-state index contributed by atoms with van der Waals surface area (Å²) >= 11 is 0. The molecule has 4 aliphatic carbocycles. The minimum absolute atomic E-state index is 0.0536. The van der Waals surface area contributed by atoms with E-state index in [0.29, 0.717) is 23.7 Å². The zero-order valence-corrected chi connectivity index (χ0v) is 18.5. The van der Waals surface area contributed by atoms with Crippen molar-refractivity contribution in [3.8, 4) is 11.8 Å². The normalized spacial score (nSPS) is 48.5. The second-order valence-electron chi connectivity index (χ2n) is 11.2. The number of carbonyl (C=O) groups is 1. The van der Waals surface area contributed by atoms with Gasteiger partial charge in [0.2, 0.25) is 0 Å². The second-order valence-corrected chi connectivity index (χ2v) is 11.2. The molecule has 0 amide bonds. The van der Waals surface area contributed by atoms with E-state index in [-0.39, 0.29) is 29.1 Å². The van der Waals surface area contributed by atoms with Gasteiger partial charge in [0.15, 0.2) is 5.78 Å². The lowest BCUT2D eigenvalue weighted by Crippen LogP contribution is -2.56. The number of carbonyl (C=O) groups excluding carboxylic acids is 1. The fraction of sp³-hybridized carbons (Fsp3) is 0.808. The molecule has 4 rings (SSSR count). The van der Waals surface area contributed by atoms with E-state index in [1.54, 1.807) is 0 Å². The highest BCUT2D eigenvalue weighted by Crippen LogP contribution is 2.68. The number of hydrogen-bond donors (Lipinski definition) is 2. The summed E-state index contributed by atoms with van der Waals surface area (Å²) in [6, 6.07) is 0. The third-order valence-electron chi connectivity index (χ3n) is 9.78. The first kappa shape index (κ1) is 21.1. The number of ketones is 1. The van der Waals surface area contributed by atoms with Gasteiger partial charge in [-0.05, 0) is 105 Å². The van der Waals surface area contributed by atoms with E-state index in [1.807, 2.05) is 6.92 Å². The Balaban J connectivity index is 1.55. The molecule has 4 aliphatic rings. The SMILES string of the molecule is C=C(C)C#C[C@@]1(O)CC[C@@]2(C)[C@H](CC[C@@H]3[C@@H]2CC[C@]2(C)[C@@H](C(=O)CO)CC[C@@H]32)C1. The van der Waals surface area contributed by atoms with E-state index in [1.165, 1.54) is 19.3 Å². The van der Waals surface area contributed by atoms with Crippen LogP contribution in [0, 0.1) is 52.3 Å². The molecule has 0 aromatic rings. The number of allylic oxidation sites excluding steroid dienone is 1. The van der Waals surface area contributed by atoms with Gasteiger partial charge in [0.05, 0.1) is 0 Å². The molecule has 8 atom stereocenters. The molecular formula is C26H38O3. The van der Waals surface area contributed by atoms with E-state index in [0.717, 1.165) is 44.1 Å². The zero-order valence-electron chi connectivity index (χ0n) is 18.5. The number of fused-ring (bicyclic) bond motifs is 5. The van der Waals surface area contributed by atoms with Crippen LogP contribution in [0.2, 0.25) is 0 Å². The lowest BCUT2D eigenvalue weighted by Gasteiger charge is -2.61. The molecule has 29 heavy (non-hydrogen) atoms. The van der Waals surface area contributed by atoms with Crippen LogP contribution in [0.1, 0.15) is 78.6 Å². The quantitative estimate of drug-likeness (QED) is 0.673. The molecule has 0 heterocycles. The largest absolute Gasteiger partial charge is 0.389 e. The van der Waals surface area contributed by atoms with Crippen LogP contribution < -0.4 is 0 Å². The Hall–Kier alpha value is -1.11. The van der Waals surface area contributed by atoms with Gasteiger partial charge in [-0.3, -0.25) is 4.79 Å². The first-order chi connectivity index (χ1) is 13.6. The third-order valence-corrected chi connectivity index (χ3v) is 9.78. The van der Waals surface area contributed by atoms with Crippen LogP contribution in [-0.2, 0) is 4.79 Å². The Kier molecular flexibility index (Phi) is 5.28. The van der Waals surface area contributed by atoms with Crippen LogP contribution in [0.4, 0.5) is 0 Å². The van der Waals surface area contributed by atoms with Crippen molar-refractivity contribution in [3.05, 3.63) is 12.2 Å². The maximum Gasteiger partial charge on any atom is 0.161 e. The molecule has 0 aromatic carbocycles. The smallest absolute Gasteiger partial charge is 0.161 e. The lowest BCUT2D eigenvalue weighted by molar-refractivity contribution is -0.146. The molecule has 0 saturated heterocycles. The van der Waals surface area contributed by atoms with Crippen molar-refractivity contribution in [1.29, 1.82) is 0 Å². The van der Waals surface area contributed by atoms with Gasteiger partial charge in [-0.25, -0.2) is 0 Å². The summed E-state index contributed by atoms with van der Waals surface area (Å²) < 4.78 is 0. The predicted octanol–water partition coefficient (Wildman–Crippen LogP) is 4.52. The average Bonchev–Trinajstić information content (AvgIpc) is 3.04. The highest BCUT2D eigenvalue weighted by atomic mass is 16.3. The predicted molar refractivity (Wildman–Crippen MR) is 115 cm³/mol. The van der Waals surface area contributed by atoms with E-state index in [4.69, 9.17) is 0 Å². The molecule has 0 unspecified atom stereocenters. The summed E-state index contributed by atoms with van der Waals surface area (Å²) in [5.41, 5.74) is 0.313. The molecule has 3 nitrogen and oxygen atoms in total. The van der Waals surface area contributed by atoms with Crippen molar-refractivity contribution in [3.63, 3.8) is 0 Å². The fourth-order valence-electron chi connectivity index (χ4n) is 8.22. The molecule has 0 aliphatic heterocycles. The van der Waals surface area contributed by atoms with E-state index >= 15 is 0 Å². The minimum Gasteiger partial charge on any atom is -0.389 e. The third kappa shape index (κ3) is 3.31. The van der Waals surface area contributed by atoms with Crippen molar-refractivity contribution in [1.82, 2.24) is 0 Å². The van der Waals surface area contributed by atoms with Gasteiger partial charge in [-0.15, -0.1) is 0 Å². The van der Waals surface area contributed by atoms with Crippen LogP contribution in [0.25, 0.3) is 0 Å². The van der Waals surface area contributed by atoms with Gasteiger partial charge >= 0.3 is 0 Å². The first-order valence-corrected chi connectivity index (χ1v) is 11.7. The highest BCUT2D eigenvalue weighted by molar-refractivity contribution is 5.83. The van der Waals surface area contributed by atoms with Crippen LogP contribution >= 0.6 is 0 Å². The van der Waals surface area contributed by atoms with Crippen molar-refractivity contribution in [2.75, 3.05) is 6.61 Å². The molecule has 4 fully saturated rings. The Morgan fingerprint density at radius 2 is 1.76 bits per heavy atom. The molecule has 0 spiro atoms. The molecule has 0 aromatic heterocycles. The zero-order chi connectivity index (χ0) is 21.0. The number of aliphatic hydroxyl groups excluding tert-OH is 1. The maximum absolute atomic E-state index is 12.4. The van der Waals surface area contributed by atoms with Gasteiger partial charge in [0.25, 0.3) is 0 Å². The van der Waals surface area contributed by atoms with Gasteiger partial charge in [-0.2, -0.15) is 0 Å². The van der Waals surface area contributed by atoms with Gasteiger partial charge in [0, 0.05) is 5.92 Å². The van der Waals surface area contributed by atoms with Crippen molar-refractivity contribution < 1.29 is 15.0 Å². The number of aliphatic hydroxyl groups is 2. The van der Waals surface area contributed by atoms with Crippen LogP contribution in [0.3, 0.4) is 0 Å². The number of rotatable bonds is 2. The highest BCUT2D eigenvalue weighted by Gasteiger charge is 2.61. The Bertz CT molecular complexity index is 760. The molecule has 0 radical (unpaired) electrons. The van der Waals surface area contributed by atoms with E-state index in [2.05, 4.69) is 32.3 Å². The maximum atomic E-state index is 12.4. The molecule has 3 heteroatoms. The fourth-order valence-corrected chi connectivity index (χ4v) is 8.22. The summed E-state index contributed by atoms with van der Waals surface area (Å²) in [6.45, 7) is 10.3. The summed E-state index contributed by atoms with van der Waals surface area (Å²) in [7, 11) is 0. The summed E-state index contributed by atoms with van der Waals surface area (Å²) in [4.78, 5) is 12.4. The first-order valence-electron chi connectivity index (χ1n) is 11.7. The molecular weight excluding hydrogens is 360 g/mol. The standard InChI is InChI=1S/C26H38O3/c1-17(2)9-12-26(29)14-13-24(3)18(15-26)5-6-19-20-7-8-22(23(28)16-27)25(20,4)11-10-21(19)24/h18-22,27,29H,1,5-8,10-11,13-16H2,2-4H3/t18-,19+,20+,21+,22-,24+,25+,26-/m1/s1. The topological polar surface area (TPSA) is 57.5 Å². The summed E-state index contributed by atoms with van der Waals surface area (Å²) in [5, 5.41) is 20.6. The lowest BCUT2D eigenvalue weighted by atomic mass is 9.44. The Morgan fingerprint density at radius 3 is 2.45 bits per heavy atom.